The lowest BCUT2D eigenvalue weighted by Crippen LogP contribution is -2.36. The van der Waals surface area contributed by atoms with Crippen LogP contribution in [0.1, 0.15) is 41.0 Å². The normalized spacial score (nSPS) is 16.8. The van der Waals surface area contributed by atoms with E-state index < -0.39 is 5.60 Å². The van der Waals surface area contributed by atoms with Gasteiger partial charge in [0, 0.05) is 49.0 Å². The molecule has 1 aliphatic heterocycles. The zero-order valence-corrected chi connectivity index (χ0v) is 19.5. The van der Waals surface area contributed by atoms with Gasteiger partial charge < -0.3 is 24.4 Å². The number of carbonyl (C=O) groups excluding carboxylic acids is 2. The van der Waals surface area contributed by atoms with Crippen molar-refractivity contribution >= 4 is 28.6 Å². The van der Waals surface area contributed by atoms with Gasteiger partial charge in [0.2, 0.25) is 5.91 Å². The molecule has 0 aliphatic carbocycles. The Balaban J connectivity index is 1.58. The second-order valence-electron chi connectivity index (χ2n) is 9.21. The highest BCUT2D eigenvalue weighted by Gasteiger charge is 2.33. The van der Waals surface area contributed by atoms with Crippen molar-refractivity contribution in [1.82, 2.24) is 14.4 Å². The van der Waals surface area contributed by atoms with Crippen LogP contribution in [-0.4, -0.2) is 64.7 Å². The highest BCUT2D eigenvalue weighted by molar-refractivity contribution is 5.95. The van der Waals surface area contributed by atoms with Gasteiger partial charge in [0.1, 0.15) is 5.60 Å². The molecule has 7 nitrogen and oxygen atoms in total. The van der Waals surface area contributed by atoms with Gasteiger partial charge in [-0.2, -0.15) is 0 Å². The molecule has 7 heteroatoms. The summed E-state index contributed by atoms with van der Waals surface area (Å²) in [6.07, 6.45) is 2.40. The molecule has 1 N–H and O–H groups in total. The van der Waals surface area contributed by atoms with E-state index in [2.05, 4.69) is 47.0 Å². The zero-order valence-electron chi connectivity index (χ0n) is 19.5. The highest BCUT2D eigenvalue weighted by atomic mass is 16.6. The molecule has 0 radical (unpaired) electrons. The van der Waals surface area contributed by atoms with Crippen molar-refractivity contribution in [3.8, 4) is 0 Å². The van der Waals surface area contributed by atoms with Gasteiger partial charge in [-0.15, -0.1) is 0 Å². The Morgan fingerprint density at radius 1 is 1.19 bits per heavy atom. The molecule has 0 spiro atoms. The molecule has 1 aromatic carbocycles. The maximum Gasteiger partial charge on any atom is 0.410 e. The topological polar surface area (TPSA) is 66.8 Å². The third-order valence-corrected chi connectivity index (χ3v) is 5.80. The van der Waals surface area contributed by atoms with Gasteiger partial charge in [0.25, 0.3) is 0 Å². The van der Waals surface area contributed by atoms with Crippen molar-refractivity contribution < 1.29 is 14.3 Å². The predicted octanol–water partition coefficient (Wildman–Crippen LogP) is 4.18. The van der Waals surface area contributed by atoms with E-state index in [1.807, 2.05) is 32.9 Å². The number of likely N-dealkylation sites (tertiary alicyclic amines) is 1. The zero-order chi connectivity index (χ0) is 22.6. The van der Waals surface area contributed by atoms with Crippen LogP contribution >= 0.6 is 0 Å². The van der Waals surface area contributed by atoms with Crippen LogP contribution in [0.5, 0.6) is 0 Å². The Hall–Kier alpha value is -2.54. The Labute approximate surface area is 185 Å². The van der Waals surface area contributed by atoms with E-state index in [0.717, 1.165) is 37.3 Å². The van der Waals surface area contributed by atoms with Gasteiger partial charge in [-0.1, -0.05) is 13.8 Å². The molecular weight excluding hydrogens is 392 g/mol. The number of amides is 2. The first-order valence-corrected chi connectivity index (χ1v) is 11.3. The number of nitrogens with zero attached hydrogens (tertiary/aromatic N) is 3. The van der Waals surface area contributed by atoms with Crippen LogP contribution in [-0.2, 0) is 16.1 Å². The van der Waals surface area contributed by atoms with Gasteiger partial charge >= 0.3 is 6.09 Å². The van der Waals surface area contributed by atoms with Crippen molar-refractivity contribution in [3.05, 3.63) is 30.5 Å². The van der Waals surface area contributed by atoms with E-state index in [1.54, 1.807) is 4.90 Å². The molecule has 0 bridgehead atoms. The van der Waals surface area contributed by atoms with Crippen LogP contribution in [0, 0.1) is 5.92 Å². The fourth-order valence-corrected chi connectivity index (χ4v) is 3.97. The molecule has 31 heavy (non-hydrogen) atoms. The summed E-state index contributed by atoms with van der Waals surface area (Å²) in [7, 11) is 0. The van der Waals surface area contributed by atoms with Gasteiger partial charge in [-0.05, 0) is 64.5 Å². The third-order valence-electron chi connectivity index (χ3n) is 5.80. The molecule has 1 fully saturated rings. The van der Waals surface area contributed by atoms with E-state index in [9.17, 15) is 9.59 Å². The first kappa shape index (κ1) is 23.1. The predicted molar refractivity (Wildman–Crippen MR) is 124 cm³/mol. The first-order valence-electron chi connectivity index (χ1n) is 11.3. The van der Waals surface area contributed by atoms with E-state index in [-0.39, 0.29) is 17.9 Å². The lowest BCUT2D eigenvalue weighted by molar-refractivity contribution is -0.119. The number of carbonyl (C=O) groups is 2. The van der Waals surface area contributed by atoms with Gasteiger partial charge in [0.05, 0.1) is 5.92 Å². The number of aromatic nitrogens is 1. The number of benzene rings is 1. The van der Waals surface area contributed by atoms with Gasteiger partial charge in [0.15, 0.2) is 0 Å². The standard InChI is InChI=1S/C24H36N4O3/c1-6-26(7-2)14-15-27-12-10-18-16-20(8-9-21(18)27)25-22(29)19-11-13-28(17-19)23(30)31-24(3,4)5/h8-10,12,16,19H,6-7,11,13-15,17H2,1-5H3,(H,25,29). The summed E-state index contributed by atoms with van der Waals surface area (Å²) >= 11 is 0. The molecule has 1 unspecified atom stereocenters. The SMILES string of the molecule is CCN(CC)CCn1ccc2cc(NC(=O)C3CCN(C(=O)OC(C)(C)C)C3)ccc21. The van der Waals surface area contributed by atoms with Gasteiger partial charge in [-0.25, -0.2) is 4.79 Å². The van der Waals surface area contributed by atoms with Crippen molar-refractivity contribution in [2.75, 3.05) is 38.0 Å². The quantitative estimate of drug-likeness (QED) is 0.718. The lowest BCUT2D eigenvalue weighted by Gasteiger charge is -2.24. The van der Waals surface area contributed by atoms with E-state index in [0.29, 0.717) is 19.5 Å². The van der Waals surface area contributed by atoms with Crippen LogP contribution in [0.15, 0.2) is 30.5 Å². The van der Waals surface area contributed by atoms with Crippen LogP contribution < -0.4 is 5.32 Å². The van der Waals surface area contributed by atoms with Crippen molar-refractivity contribution in [1.29, 1.82) is 0 Å². The number of rotatable bonds is 7. The molecule has 2 heterocycles. The molecule has 3 rings (SSSR count). The smallest absolute Gasteiger partial charge is 0.410 e. The average Bonchev–Trinajstić information content (AvgIpc) is 3.35. The summed E-state index contributed by atoms with van der Waals surface area (Å²) in [5.41, 5.74) is 1.42. The summed E-state index contributed by atoms with van der Waals surface area (Å²) in [6, 6.07) is 8.12. The minimum absolute atomic E-state index is 0.0497. The molecule has 1 aromatic heterocycles. The van der Waals surface area contributed by atoms with E-state index >= 15 is 0 Å². The largest absolute Gasteiger partial charge is 0.444 e. The Kier molecular flexibility index (Phi) is 7.26. The van der Waals surface area contributed by atoms with Crippen LogP contribution in [0.3, 0.4) is 0 Å². The van der Waals surface area contributed by atoms with Crippen LogP contribution in [0.4, 0.5) is 10.5 Å². The molecule has 170 valence electrons. The number of likely N-dealkylation sites (N-methyl/N-ethyl adjacent to an activating group) is 1. The number of anilines is 1. The second-order valence-corrected chi connectivity index (χ2v) is 9.21. The molecule has 2 aromatic rings. The van der Waals surface area contributed by atoms with Crippen molar-refractivity contribution in [2.45, 2.75) is 53.2 Å². The van der Waals surface area contributed by atoms with Crippen molar-refractivity contribution in [3.63, 3.8) is 0 Å². The highest BCUT2D eigenvalue weighted by Crippen LogP contribution is 2.24. The lowest BCUT2D eigenvalue weighted by atomic mass is 10.1. The summed E-state index contributed by atoms with van der Waals surface area (Å²) in [4.78, 5) is 29.0. The Morgan fingerprint density at radius 2 is 1.94 bits per heavy atom. The second kappa shape index (κ2) is 9.73. The van der Waals surface area contributed by atoms with Crippen molar-refractivity contribution in [2.24, 2.45) is 5.92 Å². The summed E-state index contributed by atoms with van der Waals surface area (Å²) in [5.74, 6) is -0.270. The molecule has 1 atom stereocenters. The Morgan fingerprint density at radius 3 is 2.61 bits per heavy atom. The summed E-state index contributed by atoms with van der Waals surface area (Å²) < 4.78 is 7.68. The number of ether oxygens (including phenoxy) is 1. The molecule has 1 aliphatic rings. The molecular formula is C24H36N4O3. The number of hydrogen-bond acceptors (Lipinski definition) is 4. The fraction of sp³-hybridized carbons (Fsp3) is 0.583. The molecule has 0 saturated carbocycles. The number of hydrogen-bond donors (Lipinski definition) is 1. The van der Waals surface area contributed by atoms with Crippen LogP contribution in [0.25, 0.3) is 10.9 Å². The van der Waals surface area contributed by atoms with E-state index in [1.165, 1.54) is 5.52 Å². The number of nitrogens with one attached hydrogen (secondary N) is 1. The minimum Gasteiger partial charge on any atom is -0.444 e. The molecule has 1 saturated heterocycles. The maximum atomic E-state index is 12.8. The summed E-state index contributed by atoms with van der Waals surface area (Å²) in [6.45, 7) is 14.9. The number of fused-ring (bicyclic) bond motifs is 1. The van der Waals surface area contributed by atoms with Crippen LogP contribution in [0.2, 0.25) is 0 Å². The maximum absolute atomic E-state index is 12.8. The first-order chi connectivity index (χ1) is 14.7. The third kappa shape index (κ3) is 6.00. The fourth-order valence-electron chi connectivity index (χ4n) is 3.97. The van der Waals surface area contributed by atoms with E-state index in [4.69, 9.17) is 4.74 Å². The average molecular weight is 429 g/mol. The minimum atomic E-state index is -0.533. The summed E-state index contributed by atoms with van der Waals surface area (Å²) in [5, 5.41) is 4.14. The van der Waals surface area contributed by atoms with Gasteiger partial charge in [-0.3, -0.25) is 4.79 Å². The Bertz CT molecular complexity index is 911. The molecule has 2 amide bonds. The monoisotopic (exact) mass is 428 g/mol.